The molecule has 0 aliphatic heterocycles. The van der Waals surface area contributed by atoms with Gasteiger partial charge in [-0.3, -0.25) is 4.68 Å². The molecule has 0 unspecified atom stereocenters. The highest BCUT2D eigenvalue weighted by Crippen LogP contribution is 2.09. The molecular weight excluding hydrogens is 304 g/mol. The lowest BCUT2D eigenvalue weighted by molar-refractivity contribution is 0.251. The smallest absolute Gasteiger partial charge is 0.319 e. The van der Waals surface area contributed by atoms with E-state index in [-0.39, 0.29) is 12.1 Å². The first-order chi connectivity index (χ1) is 10.9. The van der Waals surface area contributed by atoms with Crippen LogP contribution in [0.2, 0.25) is 0 Å². The van der Waals surface area contributed by atoms with Crippen molar-refractivity contribution in [2.45, 2.75) is 13.1 Å². The fraction of sp³-hybridized carbons (Fsp3) is 0.333. The fourth-order valence-corrected chi connectivity index (χ4v) is 1.88. The summed E-state index contributed by atoms with van der Waals surface area (Å²) in [4.78, 5) is 13.8. The molecule has 2 N–H and O–H groups in total. The number of hydrogen-bond donors (Lipinski definition) is 2. The minimum Gasteiger partial charge on any atom is -0.334 e. The molecule has 1 aromatic carbocycles. The largest absolute Gasteiger partial charge is 0.334 e. The molecule has 1 aromatic heterocycles. The van der Waals surface area contributed by atoms with E-state index in [1.165, 1.54) is 6.20 Å². The molecule has 124 valence electrons. The quantitative estimate of drug-likeness (QED) is 0.855. The van der Waals surface area contributed by atoms with Crippen molar-refractivity contribution in [1.82, 2.24) is 20.0 Å². The Bertz CT molecular complexity index is 672. The molecule has 0 radical (unpaired) electrons. The third-order valence-corrected chi connectivity index (χ3v) is 3.11. The molecule has 0 aliphatic rings. The summed E-state index contributed by atoms with van der Waals surface area (Å²) in [7, 11) is 3.92. The minimum atomic E-state index is -0.566. The van der Waals surface area contributed by atoms with Gasteiger partial charge < -0.3 is 15.5 Å². The molecule has 0 bridgehead atoms. The number of nitrogens with one attached hydrogen (secondary N) is 2. The lowest BCUT2D eigenvalue weighted by atomic mass is 10.2. The molecule has 2 amide bonds. The standard InChI is InChI=1S/C15H19F2N5O/c1-21(2)5-6-22-10-13(9-19-22)20-15(23)18-8-11-7-12(16)3-4-14(11)17/h3-4,7,9-10H,5-6,8H2,1-2H3,(H2,18,20,23). The Labute approximate surface area is 133 Å². The summed E-state index contributed by atoms with van der Waals surface area (Å²) in [5.41, 5.74) is 0.614. The van der Waals surface area contributed by atoms with Gasteiger partial charge in [-0.2, -0.15) is 5.10 Å². The van der Waals surface area contributed by atoms with Crippen LogP contribution in [0.5, 0.6) is 0 Å². The van der Waals surface area contributed by atoms with Crippen LogP contribution in [0.15, 0.2) is 30.6 Å². The van der Waals surface area contributed by atoms with E-state index in [1.54, 1.807) is 10.9 Å². The average molecular weight is 323 g/mol. The Balaban J connectivity index is 1.84. The maximum absolute atomic E-state index is 13.4. The van der Waals surface area contributed by atoms with E-state index in [9.17, 15) is 13.6 Å². The zero-order valence-corrected chi connectivity index (χ0v) is 13.0. The van der Waals surface area contributed by atoms with Crippen molar-refractivity contribution >= 4 is 11.7 Å². The van der Waals surface area contributed by atoms with Gasteiger partial charge in [0.1, 0.15) is 11.6 Å². The van der Waals surface area contributed by atoms with Crippen molar-refractivity contribution < 1.29 is 13.6 Å². The summed E-state index contributed by atoms with van der Waals surface area (Å²) >= 11 is 0. The number of carbonyl (C=O) groups excluding carboxylic acids is 1. The first kappa shape index (κ1) is 16.9. The lowest BCUT2D eigenvalue weighted by Gasteiger charge is -2.09. The van der Waals surface area contributed by atoms with E-state index in [1.807, 2.05) is 19.0 Å². The summed E-state index contributed by atoms with van der Waals surface area (Å²) in [6, 6.07) is 2.59. The molecule has 0 fully saturated rings. The van der Waals surface area contributed by atoms with E-state index in [0.29, 0.717) is 12.2 Å². The van der Waals surface area contributed by atoms with Gasteiger partial charge in [-0.1, -0.05) is 0 Å². The van der Waals surface area contributed by atoms with Gasteiger partial charge in [-0.05, 0) is 32.3 Å². The third kappa shape index (κ3) is 5.33. The molecular formula is C15H19F2N5O. The Kier molecular flexibility index (Phi) is 5.64. The molecule has 2 aromatic rings. The molecule has 8 heteroatoms. The van der Waals surface area contributed by atoms with Gasteiger partial charge in [0.15, 0.2) is 0 Å². The van der Waals surface area contributed by atoms with E-state index in [0.717, 1.165) is 24.7 Å². The predicted molar refractivity (Wildman–Crippen MR) is 83.0 cm³/mol. The number of anilines is 1. The van der Waals surface area contributed by atoms with Crippen molar-refractivity contribution in [1.29, 1.82) is 0 Å². The summed E-state index contributed by atoms with van der Waals surface area (Å²) < 4.78 is 28.2. The van der Waals surface area contributed by atoms with Crippen LogP contribution in [-0.2, 0) is 13.1 Å². The highest BCUT2D eigenvalue weighted by molar-refractivity contribution is 5.88. The van der Waals surface area contributed by atoms with E-state index in [2.05, 4.69) is 15.7 Å². The van der Waals surface area contributed by atoms with E-state index < -0.39 is 17.7 Å². The van der Waals surface area contributed by atoms with Crippen LogP contribution in [0.3, 0.4) is 0 Å². The number of hydrogen-bond acceptors (Lipinski definition) is 3. The van der Waals surface area contributed by atoms with Crippen molar-refractivity contribution in [3.63, 3.8) is 0 Å². The van der Waals surface area contributed by atoms with Crippen LogP contribution in [0.25, 0.3) is 0 Å². The minimum absolute atomic E-state index is 0.0850. The van der Waals surface area contributed by atoms with Crippen molar-refractivity contribution in [3.05, 3.63) is 47.8 Å². The molecule has 1 heterocycles. The van der Waals surface area contributed by atoms with Crippen LogP contribution in [0.4, 0.5) is 19.3 Å². The van der Waals surface area contributed by atoms with E-state index >= 15 is 0 Å². The molecule has 6 nitrogen and oxygen atoms in total. The van der Waals surface area contributed by atoms with Gasteiger partial charge in [-0.15, -0.1) is 0 Å². The van der Waals surface area contributed by atoms with Crippen molar-refractivity contribution in [2.24, 2.45) is 0 Å². The molecule has 0 saturated carbocycles. The van der Waals surface area contributed by atoms with E-state index in [4.69, 9.17) is 0 Å². The molecule has 2 rings (SSSR count). The van der Waals surface area contributed by atoms with Gasteiger partial charge in [0.25, 0.3) is 0 Å². The zero-order chi connectivity index (χ0) is 16.8. The number of aromatic nitrogens is 2. The number of nitrogens with zero attached hydrogens (tertiary/aromatic N) is 3. The number of likely N-dealkylation sites (N-methyl/N-ethyl adjacent to an activating group) is 1. The Hall–Kier alpha value is -2.48. The number of amides is 2. The van der Waals surface area contributed by atoms with Gasteiger partial charge in [0.05, 0.1) is 18.4 Å². The number of benzene rings is 1. The fourth-order valence-electron chi connectivity index (χ4n) is 1.88. The average Bonchev–Trinajstić information content (AvgIpc) is 2.93. The first-order valence-corrected chi connectivity index (χ1v) is 7.10. The van der Waals surface area contributed by atoms with Crippen LogP contribution < -0.4 is 10.6 Å². The number of halogens is 2. The summed E-state index contributed by atoms with van der Waals surface area (Å²) in [6.07, 6.45) is 3.23. The molecule has 23 heavy (non-hydrogen) atoms. The second-order valence-corrected chi connectivity index (χ2v) is 5.34. The number of carbonyl (C=O) groups is 1. The summed E-state index contributed by atoms with van der Waals surface area (Å²) in [6.45, 7) is 1.42. The van der Waals surface area contributed by atoms with Gasteiger partial charge in [-0.25, -0.2) is 13.6 Å². The highest BCUT2D eigenvalue weighted by atomic mass is 19.1. The SMILES string of the molecule is CN(C)CCn1cc(NC(=O)NCc2cc(F)ccc2F)cn1. The van der Waals surface area contributed by atoms with Gasteiger partial charge in [0, 0.05) is 24.8 Å². The molecule has 0 spiro atoms. The van der Waals surface area contributed by atoms with Crippen LogP contribution in [-0.4, -0.2) is 41.4 Å². The normalized spacial score (nSPS) is 10.8. The molecule has 0 atom stereocenters. The Morgan fingerprint density at radius 3 is 2.87 bits per heavy atom. The maximum atomic E-state index is 13.4. The lowest BCUT2D eigenvalue weighted by Crippen LogP contribution is -2.28. The Morgan fingerprint density at radius 1 is 1.35 bits per heavy atom. The van der Waals surface area contributed by atoms with Gasteiger partial charge in [0.2, 0.25) is 0 Å². The number of rotatable bonds is 6. The first-order valence-electron chi connectivity index (χ1n) is 7.10. The topological polar surface area (TPSA) is 62.2 Å². The predicted octanol–water partition coefficient (Wildman–Crippen LogP) is 2.04. The van der Waals surface area contributed by atoms with Crippen LogP contribution in [0.1, 0.15) is 5.56 Å². The number of urea groups is 1. The van der Waals surface area contributed by atoms with Crippen molar-refractivity contribution in [2.75, 3.05) is 26.0 Å². The highest BCUT2D eigenvalue weighted by Gasteiger charge is 2.07. The molecule has 0 aliphatic carbocycles. The van der Waals surface area contributed by atoms with Gasteiger partial charge >= 0.3 is 6.03 Å². The maximum Gasteiger partial charge on any atom is 0.319 e. The Morgan fingerprint density at radius 2 is 2.13 bits per heavy atom. The van der Waals surface area contributed by atoms with Crippen molar-refractivity contribution in [3.8, 4) is 0 Å². The van der Waals surface area contributed by atoms with Crippen LogP contribution >= 0.6 is 0 Å². The monoisotopic (exact) mass is 323 g/mol. The second-order valence-electron chi connectivity index (χ2n) is 5.34. The van der Waals surface area contributed by atoms with Crippen LogP contribution in [0, 0.1) is 11.6 Å². The molecule has 0 saturated heterocycles. The zero-order valence-electron chi connectivity index (χ0n) is 13.0. The summed E-state index contributed by atoms with van der Waals surface area (Å²) in [5.74, 6) is -1.12. The summed E-state index contributed by atoms with van der Waals surface area (Å²) in [5, 5.41) is 9.19. The second kappa shape index (κ2) is 7.68. The third-order valence-electron chi connectivity index (χ3n) is 3.11.